The van der Waals surface area contributed by atoms with Crippen molar-refractivity contribution < 1.29 is 47.5 Å². The van der Waals surface area contributed by atoms with E-state index in [0.29, 0.717) is 12.5 Å². The van der Waals surface area contributed by atoms with Gasteiger partial charge in [0.1, 0.15) is 24.4 Å². The van der Waals surface area contributed by atoms with Crippen molar-refractivity contribution in [3.05, 3.63) is 27.7 Å². The summed E-state index contributed by atoms with van der Waals surface area (Å²) < 4.78 is 50.0. The number of esters is 1. The molecule has 0 radical (unpaired) electrons. The van der Waals surface area contributed by atoms with Gasteiger partial charge >= 0.3 is 5.97 Å². The van der Waals surface area contributed by atoms with Crippen molar-refractivity contribution in [1.29, 1.82) is 0 Å². The average Bonchev–Trinajstić information content (AvgIpc) is 3.90. The second kappa shape index (κ2) is 17.6. The van der Waals surface area contributed by atoms with E-state index in [-0.39, 0.29) is 96.8 Å². The summed E-state index contributed by atoms with van der Waals surface area (Å²) in [5, 5.41) is 0. The molecule has 4 fully saturated rings. The van der Waals surface area contributed by atoms with Gasteiger partial charge in [0.05, 0.1) is 42.0 Å². The van der Waals surface area contributed by atoms with Crippen LogP contribution in [-0.2, 0) is 47.5 Å². The van der Waals surface area contributed by atoms with Crippen molar-refractivity contribution in [3.8, 4) is 0 Å². The van der Waals surface area contributed by atoms with Crippen LogP contribution in [0.25, 0.3) is 0 Å². The first kappa shape index (κ1) is 41.4. The van der Waals surface area contributed by atoms with E-state index < -0.39 is 18.3 Å². The molecule has 4 unspecified atom stereocenters. The highest BCUT2D eigenvalue weighted by Gasteiger charge is 2.56. The van der Waals surface area contributed by atoms with Gasteiger partial charge in [0.15, 0.2) is 18.4 Å². The fourth-order valence-corrected chi connectivity index (χ4v) is 12.0. The monoisotopic (exact) mass is 788 g/mol. The first-order valence-electron chi connectivity index (χ1n) is 20.7. The molecule has 0 spiro atoms. The number of thiazole rings is 1. The molecule has 7 rings (SSSR count). The minimum atomic E-state index is -0.624. The van der Waals surface area contributed by atoms with Crippen LogP contribution in [-0.4, -0.2) is 125 Å². The maximum absolute atomic E-state index is 14.9. The zero-order valence-corrected chi connectivity index (χ0v) is 35.0. The van der Waals surface area contributed by atoms with Crippen LogP contribution in [0.15, 0.2) is 17.2 Å². The first-order valence-corrected chi connectivity index (χ1v) is 21.6. The Morgan fingerprint density at radius 2 is 1.65 bits per heavy atom. The Bertz CT molecular complexity index is 1520. The fourth-order valence-electron chi connectivity index (χ4n) is 11.0. The lowest BCUT2D eigenvalue weighted by Crippen LogP contribution is -2.59. The number of methoxy groups -OCH3 is 3. The molecule has 3 aliphatic heterocycles. The third kappa shape index (κ3) is 8.13. The largest absolute Gasteiger partial charge is 0.462 e. The lowest BCUT2D eigenvalue weighted by molar-refractivity contribution is -0.314. The Hall–Kier alpha value is -1.81. The predicted molar refractivity (Wildman–Crippen MR) is 206 cm³/mol. The van der Waals surface area contributed by atoms with Crippen LogP contribution in [0, 0.1) is 23.7 Å². The van der Waals surface area contributed by atoms with Crippen LogP contribution in [0.3, 0.4) is 0 Å². The number of cyclic esters (lactones) is 1. The number of hydrogen-bond donors (Lipinski definition) is 0. The lowest BCUT2D eigenvalue weighted by Gasteiger charge is -2.44. The van der Waals surface area contributed by atoms with Crippen LogP contribution in [0.1, 0.15) is 108 Å². The number of hydrogen-bond acceptors (Lipinski definition) is 13. The number of fused-ring (bicyclic) bond motifs is 8. The number of nitrogens with zero attached hydrogens (tertiary/aromatic N) is 2. The van der Waals surface area contributed by atoms with E-state index in [4.69, 9.17) is 42.9 Å². The van der Waals surface area contributed by atoms with Gasteiger partial charge < -0.3 is 42.8 Å². The molecule has 3 aliphatic carbocycles. The van der Waals surface area contributed by atoms with E-state index in [2.05, 4.69) is 38.9 Å². The molecule has 1 aromatic rings. The number of rotatable bonds is 9. The van der Waals surface area contributed by atoms with E-state index >= 15 is 0 Å². The molecule has 3 saturated heterocycles. The minimum Gasteiger partial charge on any atom is -0.462 e. The second-order valence-corrected chi connectivity index (χ2v) is 18.0. The van der Waals surface area contributed by atoms with Crippen LogP contribution in [0.4, 0.5) is 0 Å². The number of ketones is 1. The molecule has 1 aromatic heterocycles. The van der Waals surface area contributed by atoms with Gasteiger partial charge in [-0.3, -0.25) is 9.59 Å². The highest BCUT2D eigenvalue weighted by atomic mass is 32.1. The van der Waals surface area contributed by atoms with E-state index in [1.165, 1.54) is 4.88 Å². The predicted octanol–water partition coefficient (Wildman–Crippen LogP) is 6.02. The van der Waals surface area contributed by atoms with Crippen molar-refractivity contribution in [2.24, 2.45) is 23.7 Å². The van der Waals surface area contributed by atoms with Gasteiger partial charge in [0, 0.05) is 55.9 Å². The normalized spacial score (nSPS) is 43.7. The Morgan fingerprint density at radius 1 is 0.891 bits per heavy atom. The SMILES string of the molecule is CC[C@H]1CCC[C@H](O[C@H]2CC[C@H](N(C)C)C(C)O2)[C@@H](C)C(=O)C2=C[C@H]3[C@@H]4C[C@H](O[C@@H]5OC(C)[C@H](OC)C(OC)C5OC)C[C@H]4c4scnc4[C@H]3[C@@H]2CC(=O)O1. The lowest BCUT2D eigenvalue weighted by atomic mass is 9.67. The zero-order chi connectivity index (χ0) is 39.1. The topological polar surface area (TPSA) is 124 Å². The standard InChI is InChI=1S/C42H64N2O10S/c1-10-24-12-11-13-32(54-34-15-14-31(44(5)6)22(3)50-34)21(2)37(46)29-18-27-26-16-25(53-42-40(49-9)39(48-8)38(47-7)23(4)51-42)17-30(26)41-36(43-20-55-41)35(27)28(29)19-33(45)52-24/h18,20-28,30-32,34-35,38-40,42H,10-17,19H2,1-9H3/t21-,22?,23?,24+,25+,26+,27+,28-,30-,31+,32+,34+,35-,38+,39?,40?,42+/m1/s1. The third-order valence-electron chi connectivity index (χ3n) is 13.8. The molecular formula is C42H64N2O10S. The van der Waals surface area contributed by atoms with Crippen molar-refractivity contribution >= 4 is 23.1 Å². The first-order chi connectivity index (χ1) is 26.5. The Balaban J connectivity index is 1.16. The molecule has 12 nitrogen and oxygen atoms in total. The maximum atomic E-state index is 14.9. The van der Waals surface area contributed by atoms with E-state index in [0.717, 1.165) is 56.2 Å². The van der Waals surface area contributed by atoms with Gasteiger partial charge in [-0.1, -0.05) is 19.9 Å². The summed E-state index contributed by atoms with van der Waals surface area (Å²) >= 11 is 1.68. The minimum absolute atomic E-state index is 0.0246. The summed E-state index contributed by atoms with van der Waals surface area (Å²) in [6.07, 6.45) is 5.77. The summed E-state index contributed by atoms with van der Waals surface area (Å²) in [4.78, 5) is 37.1. The molecule has 308 valence electrons. The highest BCUT2D eigenvalue weighted by molar-refractivity contribution is 7.09. The molecule has 0 bridgehead atoms. The molecule has 0 N–H and O–H groups in total. The van der Waals surface area contributed by atoms with Crippen molar-refractivity contribution in [2.75, 3.05) is 35.4 Å². The third-order valence-corrected chi connectivity index (χ3v) is 14.8. The molecule has 55 heavy (non-hydrogen) atoms. The Labute approximate surface area is 331 Å². The highest BCUT2D eigenvalue weighted by Crippen LogP contribution is 2.62. The van der Waals surface area contributed by atoms with E-state index in [9.17, 15) is 9.59 Å². The molecule has 0 amide bonds. The number of aromatic nitrogens is 1. The molecular weight excluding hydrogens is 725 g/mol. The van der Waals surface area contributed by atoms with Gasteiger partial charge in [-0.2, -0.15) is 0 Å². The van der Waals surface area contributed by atoms with Crippen molar-refractivity contribution in [2.45, 2.75) is 165 Å². The van der Waals surface area contributed by atoms with Crippen LogP contribution in [0.5, 0.6) is 0 Å². The number of carbonyl (C=O) groups excluding carboxylic acids is 2. The van der Waals surface area contributed by atoms with Crippen LogP contribution >= 0.6 is 11.3 Å². The van der Waals surface area contributed by atoms with Gasteiger partial charge in [-0.05, 0) is 96.7 Å². The summed E-state index contributed by atoms with van der Waals surface area (Å²) in [6, 6.07) is 0.327. The van der Waals surface area contributed by atoms with Crippen molar-refractivity contribution in [3.63, 3.8) is 0 Å². The summed E-state index contributed by atoms with van der Waals surface area (Å²) in [5.41, 5.74) is 3.68. The number of carbonyl (C=O) groups is 2. The number of likely N-dealkylation sites (N-methyl/N-ethyl adjacent to an activating group) is 1. The molecule has 4 heterocycles. The molecule has 17 atom stereocenters. The van der Waals surface area contributed by atoms with Gasteiger partial charge in [0.2, 0.25) is 0 Å². The molecule has 13 heteroatoms. The molecule has 1 saturated carbocycles. The summed E-state index contributed by atoms with van der Waals surface area (Å²) in [7, 11) is 9.15. The number of Topliss-reactive ketones (excluding diaryl/α,β-unsaturated/α-hetero) is 1. The summed E-state index contributed by atoms with van der Waals surface area (Å²) in [5.74, 6) is -0.537. The van der Waals surface area contributed by atoms with Gasteiger partial charge in [-0.15, -0.1) is 11.3 Å². The van der Waals surface area contributed by atoms with Crippen LogP contribution < -0.4 is 0 Å². The maximum Gasteiger partial charge on any atom is 0.306 e. The van der Waals surface area contributed by atoms with Crippen LogP contribution in [0.2, 0.25) is 0 Å². The van der Waals surface area contributed by atoms with E-state index in [1.807, 2.05) is 19.4 Å². The average molecular weight is 789 g/mol. The molecule has 6 aliphatic rings. The summed E-state index contributed by atoms with van der Waals surface area (Å²) in [6.45, 7) is 8.16. The van der Waals surface area contributed by atoms with Gasteiger partial charge in [-0.25, -0.2) is 4.98 Å². The van der Waals surface area contributed by atoms with E-state index in [1.54, 1.807) is 32.7 Å². The number of allylic oxidation sites excluding steroid dienone is 2. The number of ether oxygens (including phenoxy) is 8. The zero-order valence-electron chi connectivity index (χ0n) is 34.2. The quantitative estimate of drug-likeness (QED) is 0.272. The second-order valence-electron chi connectivity index (χ2n) is 17.1. The molecule has 0 aromatic carbocycles. The van der Waals surface area contributed by atoms with Crippen molar-refractivity contribution in [1.82, 2.24) is 9.88 Å². The Kier molecular flexibility index (Phi) is 13.2. The van der Waals surface area contributed by atoms with Gasteiger partial charge in [0.25, 0.3) is 0 Å². The fraction of sp³-hybridized carbons (Fsp3) is 0.833. The smallest absolute Gasteiger partial charge is 0.306 e. The Morgan fingerprint density at radius 3 is 2.35 bits per heavy atom.